The van der Waals surface area contributed by atoms with Crippen molar-refractivity contribution in [1.29, 1.82) is 0 Å². The van der Waals surface area contributed by atoms with Crippen LogP contribution in [0.2, 0.25) is 0 Å². The number of methoxy groups -OCH3 is 2. The van der Waals surface area contributed by atoms with Crippen LogP contribution in [0.5, 0.6) is 11.5 Å². The fraction of sp³-hybridized carbons (Fsp3) is 0.200. The predicted molar refractivity (Wildman–Crippen MR) is 112 cm³/mol. The molecule has 0 aliphatic carbocycles. The van der Waals surface area contributed by atoms with E-state index in [4.69, 9.17) is 9.47 Å². The molecule has 0 radical (unpaired) electrons. The van der Waals surface area contributed by atoms with E-state index in [1.54, 1.807) is 25.1 Å². The number of nitrogens with zero attached hydrogens (tertiary/aromatic N) is 1. The minimum atomic E-state index is -3.91. The maximum absolute atomic E-state index is 13.1. The molecule has 8 nitrogen and oxygen atoms in total. The van der Waals surface area contributed by atoms with Crippen LogP contribution in [0.3, 0.4) is 0 Å². The van der Waals surface area contributed by atoms with Gasteiger partial charge in [-0.3, -0.25) is 0 Å². The van der Waals surface area contributed by atoms with Crippen LogP contribution >= 0.6 is 0 Å². The van der Waals surface area contributed by atoms with Crippen molar-refractivity contribution >= 4 is 20.0 Å². The monoisotopic (exact) mass is 450 g/mol. The highest BCUT2D eigenvalue weighted by atomic mass is 32.2. The molecule has 0 spiro atoms. The highest BCUT2D eigenvalue weighted by Gasteiger charge is 2.22. The van der Waals surface area contributed by atoms with Gasteiger partial charge in [0.25, 0.3) is 10.0 Å². The molecule has 0 aliphatic rings. The van der Waals surface area contributed by atoms with Crippen molar-refractivity contribution in [1.82, 2.24) is 8.69 Å². The largest absolute Gasteiger partial charge is 0.497 e. The van der Waals surface area contributed by atoms with Gasteiger partial charge in [0.2, 0.25) is 10.0 Å². The van der Waals surface area contributed by atoms with Crippen LogP contribution in [-0.2, 0) is 26.6 Å². The van der Waals surface area contributed by atoms with Gasteiger partial charge in [-0.15, -0.1) is 0 Å². The summed E-state index contributed by atoms with van der Waals surface area (Å²) in [7, 11) is -4.77. The second-order valence-corrected chi connectivity index (χ2v) is 10.1. The standard InChI is InChI=1S/C20H22N2O6S2/c1-15-12-16(13-21-29(23,24)19-8-4-17(27-2)5-9-19)22(14-15)30(25,26)20-10-6-18(28-3)7-11-20/h4-12,14,21H,13H2,1-3H3. The number of hydrogen-bond donors (Lipinski definition) is 1. The molecule has 1 N–H and O–H groups in total. The van der Waals surface area contributed by atoms with E-state index in [9.17, 15) is 16.8 Å². The molecule has 3 rings (SSSR count). The summed E-state index contributed by atoms with van der Waals surface area (Å²) in [6.45, 7) is 1.54. The molecular weight excluding hydrogens is 428 g/mol. The van der Waals surface area contributed by atoms with Crippen LogP contribution in [-0.4, -0.2) is 35.0 Å². The average molecular weight is 451 g/mol. The van der Waals surface area contributed by atoms with E-state index in [0.29, 0.717) is 22.8 Å². The van der Waals surface area contributed by atoms with Crippen LogP contribution in [0.15, 0.2) is 70.6 Å². The van der Waals surface area contributed by atoms with E-state index in [1.165, 1.54) is 56.8 Å². The average Bonchev–Trinajstić information content (AvgIpc) is 3.14. The molecule has 0 saturated carbocycles. The van der Waals surface area contributed by atoms with E-state index in [2.05, 4.69) is 4.72 Å². The van der Waals surface area contributed by atoms with Crippen LogP contribution in [0, 0.1) is 6.92 Å². The van der Waals surface area contributed by atoms with Crippen LogP contribution in [0.25, 0.3) is 0 Å². The van der Waals surface area contributed by atoms with Crippen molar-refractivity contribution in [3.05, 3.63) is 72.1 Å². The minimum absolute atomic E-state index is 0.0520. The lowest BCUT2D eigenvalue weighted by molar-refractivity contribution is 0.414. The second kappa shape index (κ2) is 8.50. The molecule has 160 valence electrons. The zero-order chi connectivity index (χ0) is 21.9. The summed E-state index contributed by atoms with van der Waals surface area (Å²) in [5, 5.41) is 0. The number of benzene rings is 2. The molecule has 3 aromatic rings. The van der Waals surface area contributed by atoms with E-state index in [-0.39, 0.29) is 16.3 Å². The summed E-state index contributed by atoms with van der Waals surface area (Å²) < 4.78 is 64.9. The van der Waals surface area contributed by atoms with Crippen molar-refractivity contribution in [2.75, 3.05) is 14.2 Å². The lowest BCUT2D eigenvalue weighted by atomic mass is 10.3. The number of aryl methyl sites for hydroxylation is 1. The molecule has 30 heavy (non-hydrogen) atoms. The number of aromatic nitrogens is 1. The van der Waals surface area contributed by atoms with Gasteiger partial charge in [0, 0.05) is 11.9 Å². The molecule has 2 aromatic carbocycles. The summed E-state index contributed by atoms with van der Waals surface area (Å²) >= 11 is 0. The van der Waals surface area contributed by atoms with Crippen molar-refractivity contribution in [3.8, 4) is 11.5 Å². The summed E-state index contributed by atoms with van der Waals surface area (Å²) in [4.78, 5) is 0.120. The fourth-order valence-electron chi connectivity index (χ4n) is 2.85. The van der Waals surface area contributed by atoms with Crippen molar-refractivity contribution in [2.24, 2.45) is 0 Å². The number of rotatable bonds is 8. The van der Waals surface area contributed by atoms with Gasteiger partial charge >= 0.3 is 0 Å². The Kier molecular flexibility index (Phi) is 6.20. The predicted octanol–water partition coefficient (Wildman–Crippen LogP) is 2.53. The molecule has 1 aromatic heterocycles. The van der Waals surface area contributed by atoms with E-state index in [0.717, 1.165) is 3.97 Å². The second-order valence-electron chi connectivity index (χ2n) is 6.49. The molecule has 0 bridgehead atoms. The van der Waals surface area contributed by atoms with Gasteiger partial charge in [-0.25, -0.2) is 25.5 Å². The number of ether oxygens (including phenoxy) is 2. The Morgan fingerprint density at radius 3 is 1.83 bits per heavy atom. The van der Waals surface area contributed by atoms with Crippen molar-refractivity contribution in [3.63, 3.8) is 0 Å². The van der Waals surface area contributed by atoms with E-state index < -0.39 is 20.0 Å². The molecule has 10 heteroatoms. The van der Waals surface area contributed by atoms with Crippen LogP contribution in [0.4, 0.5) is 0 Å². The SMILES string of the molecule is COc1ccc(S(=O)(=O)NCc2cc(C)cn2S(=O)(=O)c2ccc(OC)cc2)cc1. The highest BCUT2D eigenvalue weighted by Crippen LogP contribution is 2.22. The Hall–Kier alpha value is -2.82. The third kappa shape index (κ3) is 4.50. The van der Waals surface area contributed by atoms with Gasteiger partial charge < -0.3 is 9.47 Å². The van der Waals surface area contributed by atoms with Crippen LogP contribution < -0.4 is 14.2 Å². The molecule has 0 saturated heterocycles. The number of sulfonamides is 1. The first kappa shape index (κ1) is 21.9. The molecule has 0 unspecified atom stereocenters. The molecule has 1 heterocycles. The Morgan fingerprint density at radius 1 is 0.833 bits per heavy atom. The zero-order valence-corrected chi connectivity index (χ0v) is 18.3. The summed E-state index contributed by atoms with van der Waals surface area (Å²) in [6, 6.07) is 13.5. The Morgan fingerprint density at radius 2 is 1.33 bits per heavy atom. The maximum Gasteiger partial charge on any atom is 0.267 e. The summed E-state index contributed by atoms with van der Waals surface area (Å²) in [6.07, 6.45) is 1.45. The minimum Gasteiger partial charge on any atom is -0.497 e. The topological polar surface area (TPSA) is 104 Å². The van der Waals surface area contributed by atoms with Gasteiger partial charge in [-0.1, -0.05) is 0 Å². The fourth-order valence-corrected chi connectivity index (χ4v) is 5.29. The van der Waals surface area contributed by atoms with Gasteiger partial charge in [-0.05, 0) is 67.1 Å². The van der Waals surface area contributed by atoms with Crippen LogP contribution in [0.1, 0.15) is 11.3 Å². The Labute approximate surface area is 176 Å². The lowest BCUT2D eigenvalue weighted by Crippen LogP contribution is -2.26. The first-order chi connectivity index (χ1) is 14.2. The first-order valence-corrected chi connectivity index (χ1v) is 11.8. The third-order valence-corrected chi connectivity index (χ3v) is 7.57. The van der Waals surface area contributed by atoms with E-state index >= 15 is 0 Å². The van der Waals surface area contributed by atoms with Gasteiger partial charge in [0.05, 0.1) is 30.6 Å². The van der Waals surface area contributed by atoms with Crippen molar-refractivity contribution in [2.45, 2.75) is 23.3 Å². The first-order valence-electron chi connectivity index (χ1n) is 8.88. The highest BCUT2D eigenvalue weighted by molar-refractivity contribution is 7.90. The normalized spacial score (nSPS) is 12.0. The molecule has 0 fully saturated rings. The maximum atomic E-state index is 13.1. The van der Waals surface area contributed by atoms with E-state index in [1.807, 2.05) is 0 Å². The van der Waals surface area contributed by atoms with Crippen molar-refractivity contribution < 1.29 is 26.3 Å². The smallest absolute Gasteiger partial charge is 0.267 e. The molecule has 0 aliphatic heterocycles. The van der Waals surface area contributed by atoms with Gasteiger partial charge in [0.15, 0.2) is 0 Å². The summed E-state index contributed by atoms with van der Waals surface area (Å²) in [5.74, 6) is 1.06. The Balaban J connectivity index is 1.87. The quantitative estimate of drug-likeness (QED) is 0.566. The lowest BCUT2D eigenvalue weighted by Gasteiger charge is -2.12. The Bertz CT molecular complexity index is 1230. The molecule has 0 atom stereocenters. The zero-order valence-electron chi connectivity index (χ0n) is 16.7. The van der Waals surface area contributed by atoms with Gasteiger partial charge in [0.1, 0.15) is 11.5 Å². The number of hydrogen-bond acceptors (Lipinski definition) is 6. The third-order valence-electron chi connectivity index (χ3n) is 4.43. The summed E-state index contributed by atoms with van der Waals surface area (Å²) in [5.41, 5.74) is 0.978. The molecule has 0 amide bonds. The number of nitrogens with one attached hydrogen (secondary N) is 1. The van der Waals surface area contributed by atoms with Gasteiger partial charge in [-0.2, -0.15) is 0 Å². The molecular formula is C20H22N2O6S2.